The van der Waals surface area contributed by atoms with Gasteiger partial charge in [-0.3, -0.25) is 9.69 Å². The lowest BCUT2D eigenvalue weighted by Crippen LogP contribution is -2.49. The van der Waals surface area contributed by atoms with Crippen molar-refractivity contribution in [1.29, 1.82) is 5.26 Å². The number of hydrogen-bond donors (Lipinski definition) is 0. The van der Waals surface area contributed by atoms with Gasteiger partial charge in [-0.05, 0) is 23.8 Å². The Hall–Kier alpha value is -1.64. The van der Waals surface area contributed by atoms with E-state index in [1.54, 1.807) is 17.0 Å². The number of amides is 1. The van der Waals surface area contributed by atoms with E-state index in [2.05, 4.69) is 37.9 Å². The van der Waals surface area contributed by atoms with E-state index in [-0.39, 0.29) is 15.6 Å². The summed E-state index contributed by atoms with van der Waals surface area (Å²) in [4.78, 5) is 14.3. The molecule has 0 bridgehead atoms. The Labute approximate surface area is 145 Å². The lowest BCUT2D eigenvalue weighted by atomic mass is 9.95. The average Bonchev–Trinajstić information content (AvgIpc) is 2.58. The van der Waals surface area contributed by atoms with Gasteiger partial charge in [0.25, 0.3) is 5.91 Å². The van der Waals surface area contributed by atoms with Gasteiger partial charge in [-0.2, -0.15) is 5.26 Å². The van der Waals surface area contributed by atoms with Gasteiger partial charge >= 0.3 is 0 Å². The van der Waals surface area contributed by atoms with Gasteiger partial charge in [0.2, 0.25) is 0 Å². The molecule has 1 amide bonds. The number of halogens is 2. The van der Waals surface area contributed by atoms with Gasteiger partial charge in [0.05, 0.1) is 15.7 Å². The summed E-state index contributed by atoms with van der Waals surface area (Å²) in [6.45, 7) is 0. The van der Waals surface area contributed by atoms with E-state index in [1.165, 1.54) is 0 Å². The van der Waals surface area contributed by atoms with Crippen LogP contribution in [0.3, 0.4) is 0 Å². The summed E-state index contributed by atoms with van der Waals surface area (Å²) in [5.41, 5.74) is 2.35. The molecule has 0 N–H and O–H groups in total. The first-order valence-corrected chi connectivity index (χ1v) is 8.63. The fourth-order valence-electron chi connectivity index (χ4n) is 2.65. The molecule has 5 heteroatoms. The predicted octanol–water partition coefficient (Wildman–Crippen LogP) is 4.44. The first-order chi connectivity index (χ1) is 10.6. The molecule has 3 rings (SSSR count). The fraction of sp³-hybridized carbons (Fsp3) is 0.176. The number of rotatable bonds is 1. The van der Waals surface area contributed by atoms with E-state index in [0.29, 0.717) is 5.56 Å². The molecule has 0 radical (unpaired) electrons. The monoisotopic (exact) mass is 418 g/mol. The van der Waals surface area contributed by atoms with Crippen molar-refractivity contribution in [2.75, 3.05) is 4.90 Å². The summed E-state index contributed by atoms with van der Waals surface area (Å²) < 4.78 is 0. The molecular formula is C17H12Br2N2O. The molecular weight excluding hydrogens is 408 g/mol. The van der Waals surface area contributed by atoms with Crippen LogP contribution in [0.5, 0.6) is 0 Å². The molecule has 0 aromatic heterocycles. The van der Waals surface area contributed by atoms with Crippen molar-refractivity contribution >= 4 is 43.5 Å². The number of nitriles is 1. The number of benzene rings is 2. The fourth-order valence-corrected chi connectivity index (χ4v) is 3.96. The summed E-state index contributed by atoms with van der Waals surface area (Å²) in [6, 6.07) is 18.4. The van der Waals surface area contributed by atoms with E-state index in [4.69, 9.17) is 0 Å². The Morgan fingerprint density at radius 2 is 1.68 bits per heavy atom. The van der Waals surface area contributed by atoms with E-state index in [9.17, 15) is 10.1 Å². The minimum Gasteiger partial charge on any atom is -0.290 e. The van der Waals surface area contributed by atoms with Crippen molar-refractivity contribution in [2.45, 2.75) is 15.7 Å². The zero-order chi connectivity index (χ0) is 15.7. The number of nitrogens with zero attached hydrogens (tertiary/aromatic N) is 2. The minimum atomic E-state index is -0.577. The molecule has 0 aliphatic carbocycles. The number of para-hydroxylation sites is 1. The SMILES string of the molecule is N#C[C@@H]1[C@@H](Br)[C@@H](Br)c2ccccc2N1C(=O)c1ccccc1. The first kappa shape index (κ1) is 15.3. The molecule has 3 atom stereocenters. The van der Waals surface area contributed by atoms with E-state index >= 15 is 0 Å². The zero-order valence-corrected chi connectivity index (χ0v) is 14.7. The van der Waals surface area contributed by atoms with Gasteiger partial charge in [0.15, 0.2) is 0 Å². The normalized spacial score (nSPS) is 23.5. The average molecular weight is 420 g/mol. The molecule has 1 heterocycles. The molecule has 22 heavy (non-hydrogen) atoms. The third-order valence-electron chi connectivity index (χ3n) is 3.72. The second kappa shape index (κ2) is 6.23. The van der Waals surface area contributed by atoms with Crippen LogP contribution in [0.1, 0.15) is 20.7 Å². The highest BCUT2D eigenvalue weighted by Crippen LogP contribution is 2.45. The Kier molecular flexibility index (Phi) is 4.32. The summed E-state index contributed by atoms with van der Waals surface area (Å²) in [5, 5.41) is 9.58. The standard InChI is InChI=1S/C17H12Br2N2O/c18-15-12-8-4-5-9-13(12)21(14(10-20)16(15)19)17(22)11-6-2-1-3-7-11/h1-9,14-16H/t14-,15+,16-/m1/s1. The van der Waals surface area contributed by atoms with Crippen LogP contribution in [-0.2, 0) is 0 Å². The van der Waals surface area contributed by atoms with Crippen LogP contribution in [0.4, 0.5) is 5.69 Å². The lowest BCUT2D eigenvalue weighted by Gasteiger charge is -2.39. The number of carbonyl (C=O) groups excluding carboxylic acids is 1. The number of fused-ring (bicyclic) bond motifs is 1. The Morgan fingerprint density at radius 1 is 1.05 bits per heavy atom. The van der Waals surface area contributed by atoms with Crippen molar-refractivity contribution in [3.05, 3.63) is 65.7 Å². The van der Waals surface area contributed by atoms with Gasteiger partial charge in [-0.15, -0.1) is 0 Å². The highest BCUT2D eigenvalue weighted by atomic mass is 79.9. The third-order valence-corrected chi connectivity index (χ3v) is 6.53. The van der Waals surface area contributed by atoms with Crippen molar-refractivity contribution < 1.29 is 4.79 Å². The van der Waals surface area contributed by atoms with Crippen LogP contribution < -0.4 is 4.90 Å². The van der Waals surface area contributed by atoms with Crippen molar-refractivity contribution in [1.82, 2.24) is 0 Å². The molecule has 110 valence electrons. The van der Waals surface area contributed by atoms with Crippen LogP contribution >= 0.6 is 31.9 Å². The molecule has 0 spiro atoms. The van der Waals surface area contributed by atoms with Gasteiger partial charge < -0.3 is 0 Å². The van der Waals surface area contributed by atoms with Crippen molar-refractivity contribution in [3.63, 3.8) is 0 Å². The number of anilines is 1. The second-order valence-electron chi connectivity index (χ2n) is 5.02. The predicted molar refractivity (Wildman–Crippen MR) is 93.5 cm³/mol. The maximum atomic E-state index is 12.9. The molecule has 1 aliphatic rings. The molecule has 0 unspecified atom stereocenters. The topological polar surface area (TPSA) is 44.1 Å². The summed E-state index contributed by atoms with van der Waals surface area (Å²) >= 11 is 7.20. The van der Waals surface area contributed by atoms with Crippen LogP contribution in [0.2, 0.25) is 0 Å². The Morgan fingerprint density at radius 3 is 2.36 bits per heavy atom. The molecule has 2 aromatic carbocycles. The van der Waals surface area contributed by atoms with E-state index < -0.39 is 6.04 Å². The van der Waals surface area contributed by atoms with Crippen molar-refractivity contribution in [3.8, 4) is 6.07 Å². The number of hydrogen-bond acceptors (Lipinski definition) is 2. The minimum absolute atomic E-state index is 0.0202. The van der Waals surface area contributed by atoms with Gasteiger partial charge in [0, 0.05) is 11.3 Å². The van der Waals surface area contributed by atoms with E-state index in [0.717, 1.165) is 11.3 Å². The molecule has 0 saturated heterocycles. The molecule has 2 aromatic rings. The lowest BCUT2D eigenvalue weighted by molar-refractivity contribution is 0.0979. The maximum Gasteiger partial charge on any atom is 0.259 e. The zero-order valence-electron chi connectivity index (χ0n) is 11.5. The number of alkyl halides is 2. The maximum absolute atomic E-state index is 12.9. The molecule has 0 saturated carbocycles. The Balaban J connectivity index is 2.14. The third kappa shape index (κ3) is 2.47. The number of carbonyl (C=O) groups is 1. The first-order valence-electron chi connectivity index (χ1n) is 6.80. The van der Waals surface area contributed by atoms with E-state index in [1.807, 2.05) is 42.5 Å². The smallest absolute Gasteiger partial charge is 0.259 e. The van der Waals surface area contributed by atoms with Crippen LogP contribution in [0.25, 0.3) is 0 Å². The van der Waals surface area contributed by atoms with Gasteiger partial charge in [0.1, 0.15) is 6.04 Å². The quantitative estimate of drug-likeness (QED) is 0.641. The van der Waals surface area contributed by atoms with Crippen LogP contribution in [0.15, 0.2) is 54.6 Å². The largest absolute Gasteiger partial charge is 0.290 e. The highest BCUT2D eigenvalue weighted by molar-refractivity contribution is 9.12. The van der Waals surface area contributed by atoms with Crippen LogP contribution in [-0.4, -0.2) is 16.8 Å². The summed E-state index contributed by atoms with van der Waals surface area (Å²) in [5.74, 6) is -0.163. The highest BCUT2D eigenvalue weighted by Gasteiger charge is 2.41. The van der Waals surface area contributed by atoms with Gasteiger partial charge in [-0.1, -0.05) is 68.3 Å². The van der Waals surface area contributed by atoms with Gasteiger partial charge in [-0.25, -0.2) is 0 Å². The summed E-state index contributed by atoms with van der Waals surface area (Å²) in [6.07, 6.45) is 0. The van der Waals surface area contributed by atoms with Crippen molar-refractivity contribution in [2.24, 2.45) is 0 Å². The molecule has 3 nitrogen and oxygen atoms in total. The second-order valence-corrected chi connectivity index (χ2v) is 7.06. The Bertz CT molecular complexity index is 742. The summed E-state index contributed by atoms with van der Waals surface area (Å²) in [7, 11) is 0. The molecule has 1 aliphatic heterocycles. The molecule has 0 fully saturated rings. The van der Waals surface area contributed by atoms with Crippen LogP contribution in [0, 0.1) is 11.3 Å².